The molecule has 5 N–H and O–H groups in total. The summed E-state index contributed by atoms with van der Waals surface area (Å²) in [6.07, 6.45) is 0.595. The lowest BCUT2D eigenvalue weighted by atomic mass is 10.1. The molecule has 0 aromatic heterocycles. The van der Waals surface area contributed by atoms with Crippen LogP contribution in [0.5, 0.6) is 0 Å². The second kappa shape index (κ2) is 16.6. The number of halogens is 3. The maximum atomic E-state index is 12.5. The van der Waals surface area contributed by atoms with Crippen molar-refractivity contribution in [3.63, 3.8) is 0 Å². The number of esters is 1. The minimum absolute atomic E-state index is 0.153. The van der Waals surface area contributed by atoms with Crippen LogP contribution < -0.4 is 21.3 Å². The SMILES string of the molecule is N[C@H](Cc1ccc(N(CCCl)CCOC(=O)[C@@H](N)Cc2ccc(N(CCCl)CCCl)cc2)cc1)C(=O)O. The molecule has 2 aromatic rings. The molecular weight excluding hydrogens is 539 g/mol. The normalized spacial score (nSPS) is 12.6. The van der Waals surface area contributed by atoms with E-state index in [-0.39, 0.29) is 13.0 Å². The van der Waals surface area contributed by atoms with Crippen LogP contribution in [0.3, 0.4) is 0 Å². The number of anilines is 2. The van der Waals surface area contributed by atoms with Gasteiger partial charge in [-0.1, -0.05) is 24.3 Å². The highest BCUT2D eigenvalue weighted by molar-refractivity contribution is 6.18. The fraction of sp³-hybridized carbons (Fsp3) is 0.462. The van der Waals surface area contributed by atoms with Gasteiger partial charge in [0.25, 0.3) is 0 Å². The number of hydrogen-bond donors (Lipinski definition) is 3. The molecule has 0 spiro atoms. The highest BCUT2D eigenvalue weighted by Crippen LogP contribution is 2.18. The van der Waals surface area contributed by atoms with Crippen LogP contribution in [0, 0.1) is 0 Å². The van der Waals surface area contributed by atoms with Crippen molar-refractivity contribution in [2.75, 3.05) is 60.2 Å². The number of alkyl halides is 3. The van der Waals surface area contributed by atoms with Crippen LogP contribution in [0.4, 0.5) is 11.4 Å². The Balaban J connectivity index is 1.86. The molecule has 2 atom stereocenters. The van der Waals surface area contributed by atoms with Crippen LogP contribution in [0.15, 0.2) is 48.5 Å². The third-order valence-electron chi connectivity index (χ3n) is 5.80. The van der Waals surface area contributed by atoms with Crippen molar-refractivity contribution in [2.45, 2.75) is 24.9 Å². The van der Waals surface area contributed by atoms with Gasteiger partial charge in [-0.15, -0.1) is 34.8 Å². The van der Waals surface area contributed by atoms with Crippen LogP contribution in [0.1, 0.15) is 11.1 Å². The third kappa shape index (κ3) is 10.6. The Morgan fingerprint density at radius 3 is 1.54 bits per heavy atom. The lowest BCUT2D eigenvalue weighted by molar-refractivity contribution is -0.145. The zero-order valence-electron chi connectivity index (χ0n) is 20.7. The summed E-state index contributed by atoms with van der Waals surface area (Å²) >= 11 is 17.7. The van der Waals surface area contributed by atoms with Gasteiger partial charge in [-0.2, -0.15) is 0 Å². The minimum atomic E-state index is -1.04. The van der Waals surface area contributed by atoms with E-state index in [2.05, 4.69) is 4.90 Å². The molecule has 0 fully saturated rings. The summed E-state index contributed by atoms with van der Waals surface area (Å²) in [6.45, 7) is 2.53. The number of benzene rings is 2. The molecule has 11 heteroatoms. The van der Waals surface area contributed by atoms with Crippen molar-refractivity contribution in [1.29, 1.82) is 0 Å². The Morgan fingerprint density at radius 2 is 1.14 bits per heavy atom. The zero-order chi connectivity index (χ0) is 27.2. The van der Waals surface area contributed by atoms with Gasteiger partial charge in [0.1, 0.15) is 18.7 Å². The quantitative estimate of drug-likeness (QED) is 0.195. The van der Waals surface area contributed by atoms with Gasteiger partial charge in [0.2, 0.25) is 0 Å². The molecule has 0 amide bonds. The van der Waals surface area contributed by atoms with Crippen molar-refractivity contribution in [2.24, 2.45) is 11.5 Å². The summed E-state index contributed by atoms with van der Waals surface area (Å²) in [6, 6.07) is 13.5. The predicted molar refractivity (Wildman–Crippen MR) is 151 cm³/mol. The molecule has 0 radical (unpaired) electrons. The molecule has 0 saturated carbocycles. The number of nitrogens with zero attached hydrogens (tertiary/aromatic N) is 2. The summed E-state index contributed by atoms with van der Waals surface area (Å²) in [5.41, 5.74) is 15.3. The summed E-state index contributed by atoms with van der Waals surface area (Å²) < 4.78 is 5.43. The predicted octanol–water partition coefficient (Wildman–Crippen LogP) is 3.08. The first-order valence-corrected chi connectivity index (χ1v) is 13.7. The molecule has 0 unspecified atom stereocenters. The largest absolute Gasteiger partial charge is 0.480 e. The smallest absolute Gasteiger partial charge is 0.323 e. The van der Waals surface area contributed by atoms with Crippen molar-refractivity contribution in [1.82, 2.24) is 0 Å². The Hall–Kier alpha value is -2.23. The van der Waals surface area contributed by atoms with Gasteiger partial charge in [-0.25, -0.2) is 0 Å². The van der Waals surface area contributed by atoms with Crippen molar-refractivity contribution in [3.05, 3.63) is 59.7 Å². The summed E-state index contributed by atoms with van der Waals surface area (Å²) in [5.74, 6) is -0.114. The number of ether oxygens (including phenoxy) is 1. The number of aliphatic carboxylic acids is 1. The number of rotatable bonds is 17. The monoisotopic (exact) mass is 572 g/mol. The second-order valence-electron chi connectivity index (χ2n) is 8.50. The summed E-state index contributed by atoms with van der Waals surface area (Å²) in [4.78, 5) is 27.5. The van der Waals surface area contributed by atoms with Gasteiger partial charge in [-0.05, 0) is 48.2 Å². The highest BCUT2D eigenvalue weighted by Gasteiger charge is 2.17. The first-order chi connectivity index (χ1) is 17.8. The number of carbonyl (C=O) groups excluding carboxylic acids is 1. The molecule has 8 nitrogen and oxygen atoms in total. The molecule has 204 valence electrons. The number of hydrogen-bond acceptors (Lipinski definition) is 7. The first kappa shape index (κ1) is 31.0. The molecule has 0 aliphatic rings. The van der Waals surface area contributed by atoms with E-state index in [4.69, 9.17) is 56.1 Å². The van der Waals surface area contributed by atoms with E-state index in [0.717, 1.165) is 22.5 Å². The van der Waals surface area contributed by atoms with Crippen molar-refractivity contribution >= 4 is 58.1 Å². The molecule has 2 rings (SSSR count). The Bertz CT molecular complexity index is 957. The Morgan fingerprint density at radius 1 is 0.730 bits per heavy atom. The van der Waals surface area contributed by atoms with Gasteiger partial charge in [-0.3, -0.25) is 9.59 Å². The van der Waals surface area contributed by atoms with E-state index < -0.39 is 24.0 Å². The standard InChI is InChI=1S/C26H35Cl3N4O4/c27-9-12-32(13-10-28)21-5-3-20(4-6-21)18-24(31)26(36)37-16-15-33(14-11-29)22-7-1-19(2-8-22)17-23(30)25(34)35/h1-8,23-24H,9-18,30-31H2,(H,34,35)/t23-,24+/m1/s1. The average Bonchev–Trinajstić information content (AvgIpc) is 2.89. The molecule has 0 aliphatic heterocycles. The molecule has 0 bridgehead atoms. The zero-order valence-corrected chi connectivity index (χ0v) is 23.0. The van der Waals surface area contributed by atoms with Crippen molar-refractivity contribution in [3.8, 4) is 0 Å². The van der Waals surface area contributed by atoms with Crippen molar-refractivity contribution < 1.29 is 19.4 Å². The van der Waals surface area contributed by atoms with Gasteiger partial charge in [0.15, 0.2) is 0 Å². The van der Waals surface area contributed by atoms with E-state index >= 15 is 0 Å². The molecule has 0 aliphatic carbocycles. The summed E-state index contributed by atoms with van der Waals surface area (Å²) in [5, 5.41) is 8.98. The minimum Gasteiger partial charge on any atom is -0.480 e. The van der Waals surface area contributed by atoms with E-state index in [0.29, 0.717) is 50.2 Å². The molecular formula is C26H35Cl3N4O4. The number of carboxylic acid groups (broad SMARTS) is 1. The second-order valence-corrected chi connectivity index (χ2v) is 9.63. The van der Waals surface area contributed by atoms with Gasteiger partial charge < -0.3 is 31.1 Å². The lowest BCUT2D eigenvalue weighted by Crippen LogP contribution is -2.37. The van der Waals surface area contributed by atoms with E-state index in [1.807, 2.05) is 53.4 Å². The number of carbonyl (C=O) groups is 2. The lowest BCUT2D eigenvalue weighted by Gasteiger charge is -2.24. The van der Waals surface area contributed by atoms with Gasteiger partial charge in [0.05, 0.1) is 6.54 Å². The van der Waals surface area contributed by atoms with Crippen LogP contribution >= 0.6 is 34.8 Å². The molecule has 0 saturated heterocycles. The first-order valence-electron chi connectivity index (χ1n) is 12.0. The summed E-state index contributed by atoms with van der Waals surface area (Å²) in [7, 11) is 0. The van der Waals surface area contributed by atoms with Gasteiger partial charge in [0, 0.05) is 48.6 Å². The van der Waals surface area contributed by atoms with Crippen LogP contribution in [-0.4, -0.2) is 79.6 Å². The van der Waals surface area contributed by atoms with E-state index in [1.54, 1.807) is 0 Å². The van der Waals surface area contributed by atoms with E-state index in [9.17, 15) is 9.59 Å². The highest BCUT2D eigenvalue weighted by atomic mass is 35.5. The third-order valence-corrected chi connectivity index (χ3v) is 6.31. The van der Waals surface area contributed by atoms with Crippen LogP contribution in [0.2, 0.25) is 0 Å². The average molecular weight is 574 g/mol. The fourth-order valence-electron chi connectivity index (χ4n) is 3.77. The Kier molecular flexibility index (Phi) is 13.9. The maximum Gasteiger partial charge on any atom is 0.323 e. The number of nitrogens with two attached hydrogens (primary N) is 2. The van der Waals surface area contributed by atoms with Crippen LogP contribution in [-0.2, 0) is 27.2 Å². The maximum absolute atomic E-state index is 12.5. The molecule has 37 heavy (non-hydrogen) atoms. The van der Waals surface area contributed by atoms with E-state index in [1.165, 1.54) is 0 Å². The fourth-order valence-corrected chi connectivity index (χ4v) is 4.39. The molecule has 0 heterocycles. The topological polar surface area (TPSA) is 122 Å². The van der Waals surface area contributed by atoms with Crippen LogP contribution in [0.25, 0.3) is 0 Å². The Labute approximate surface area is 233 Å². The van der Waals surface area contributed by atoms with Gasteiger partial charge >= 0.3 is 11.9 Å². The molecule has 2 aromatic carbocycles. The number of carboxylic acids is 1.